The molecule has 24 heavy (non-hydrogen) atoms. The van der Waals surface area contributed by atoms with Crippen molar-refractivity contribution in [3.8, 4) is 0 Å². The molecule has 0 bridgehead atoms. The lowest BCUT2D eigenvalue weighted by molar-refractivity contribution is 0.443. The Balaban J connectivity index is 1.73. The van der Waals surface area contributed by atoms with Gasteiger partial charge in [0.25, 0.3) is 0 Å². The molecule has 1 aromatic rings. The number of alkyl halides is 1. The first-order valence-corrected chi connectivity index (χ1v) is 12.0. The van der Waals surface area contributed by atoms with Crippen LogP contribution in [0, 0.1) is 0 Å². The number of sulfone groups is 1. The minimum Gasteiger partial charge on any atom is -0.229 e. The highest BCUT2D eigenvalue weighted by Crippen LogP contribution is 2.33. The fourth-order valence-corrected chi connectivity index (χ4v) is 7.54. The smallest absolute Gasteiger partial charge is 0.229 e. The highest BCUT2D eigenvalue weighted by atomic mass is 35.5. The minimum atomic E-state index is -3.77. The van der Waals surface area contributed by atoms with E-state index in [1.165, 1.54) is 24.8 Å². The molecule has 5 nitrogen and oxygen atoms in total. The third-order valence-electron chi connectivity index (χ3n) is 4.86. The van der Waals surface area contributed by atoms with Gasteiger partial charge in [-0.2, -0.15) is 0 Å². The van der Waals surface area contributed by atoms with Gasteiger partial charge in [0.15, 0.2) is 9.84 Å². The normalized spacial score (nSPS) is 28.0. The van der Waals surface area contributed by atoms with Gasteiger partial charge in [-0.15, -0.1) is 11.6 Å². The summed E-state index contributed by atoms with van der Waals surface area (Å²) >= 11 is 5.98. The lowest BCUT2D eigenvalue weighted by Crippen LogP contribution is -2.40. The Morgan fingerprint density at radius 1 is 1.00 bits per heavy atom. The first-order chi connectivity index (χ1) is 11.3. The average molecular weight is 392 g/mol. The summed E-state index contributed by atoms with van der Waals surface area (Å²) in [5.41, 5.74) is 1.17. The number of rotatable bonds is 4. The van der Waals surface area contributed by atoms with E-state index in [1.807, 2.05) is 12.1 Å². The molecule has 1 aromatic carbocycles. The Kier molecular flexibility index (Phi) is 5.25. The molecule has 2 fully saturated rings. The zero-order chi connectivity index (χ0) is 17.4. The summed E-state index contributed by atoms with van der Waals surface area (Å²) in [6.45, 7) is 0. The van der Waals surface area contributed by atoms with E-state index in [-0.39, 0.29) is 16.4 Å². The van der Waals surface area contributed by atoms with Gasteiger partial charge in [0.05, 0.1) is 27.8 Å². The predicted octanol–water partition coefficient (Wildman–Crippen LogP) is 2.42. The monoisotopic (exact) mass is 391 g/mol. The SMILES string of the molecule is O=S1(=O)C[C@H](Cl)[C@H](NS(=O)(=O)c2ccc(C3CCCCC3)cc2)C1. The highest BCUT2D eigenvalue weighted by molar-refractivity contribution is 7.92. The molecule has 3 rings (SSSR count). The van der Waals surface area contributed by atoms with Crippen molar-refractivity contribution in [3.63, 3.8) is 0 Å². The molecule has 1 aliphatic heterocycles. The van der Waals surface area contributed by atoms with Crippen LogP contribution in [0.25, 0.3) is 0 Å². The van der Waals surface area contributed by atoms with Crippen LogP contribution in [-0.2, 0) is 19.9 Å². The largest absolute Gasteiger partial charge is 0.240 e. The molecule has 1 saturated carbocycles. The maximum Gasteiger partial charge on any atom is 0.240 e. The van der Waals surface area contributed by atoms with E-state index in [2.05, 4.69) is 4.72 Å². The van der Waals surface area contributed by atoms with Crippen molar-refractivity contribution < 1.29 is 16.8 Å². The molecule has 2 atom stereocenters. The van der Waals surface area contributed by atoms with Crippen molar-refractivity contribution in [1.82, 2.24) is 4.72 Å². The molecule has 2 aliphatic rings. The van der Waals surface area contributed by atoms with Crippen LogP contribution in [0.2, 0.25) is 0 Å². The summed E-state index contributed by atoms with van der Waals surface area (Å²) < 4.78 is 50.5. The summed E-state index contributed by atoms with van der Waals surface area (Å²) in [5.74, 6) is 0.0683. The van der Waals surface area contributed by atoms with E-state index < -0.39 is 31.3 Å². The number of benzene rings is 1. The Morgan fingerprint density at radius 3 is 2.17 bits per heavy atom. The van der Waals surface area contributed by atoms with E-state index in [0.29, 0.717) is 5.92 Å². The average Bonchev–Trinajstić information content (AvgIpc) is 2.79. The van der Waals surface area contributed by atoms with Crippen LogP contribution in [0.4, 0.5) is 0 Å². The molecule has 1 N–H and O–H groups in total. The van der Waals surface area contributed by atoms with Crippen molar-refractivity contribution in [2.45, 2.75) is 54.3 Å². The zero-order valence-electron chi connectivity index (χ0n) is 13.3. The molecule has 0 radical (unpaired) electrons. The van der Waals surface area contributed by atoms with E-state index in [1.54, 1.807) is 12.1 Å². The lowest BCUT2D eigenvalue weighted by Gasteiger charge is -2.22. The third-order valence-corrected chi connectivity index (χ3v) is 8.74. The molecule has 8 heteroatoms. The minimum absolute atomic E-state index is 0.148. The van der Waals surface area contributed by atoms with E-state index in [0.717, 1.165) is 12.8 Å². The quantitative estimate of drug-likeness (QED) is 0.799. The lowest BCUT2D eigenvalue weighted by atomic mass is 9.84. The van der Waals surface area contributed by atoms with E-state index >= 15 is 0 Å². The van der Waals surface area contributed by atoms with Gasteiger partial charge in [0.1, 0.15) is 0 Å². The van der Waals surface area contributed by atoms with E-state index in [9.17, 15) is 16.8 Å². The van der Waals surface area contributed by atoms with Gasteiger partial charge < -0.3 is 0 Å². The molecular weight excluding hydrogens is 370 g/mol. The van der Waals surface area contributed by atoms with Gasteiger partial charge in [-0.25, -0.2) is 21.6 Å². The van der Waals surface area contributed by atoms with Gasteiger partial charge in [-0.1, -0.05) is 31.4 Å². The van der Waals surface area contributed by atoms with Crippen LogP contribution >= 0.6 is 11.6 Å². The summed E-state index contributed by atoms with van der Waals surface area (Å²) in [5, 5.41) is -0.730. The first-order valence-electron chi connectivity index (χ1n) is 8.24. The van der Waals surface area contributed by atoms with Crippen LogP contribution in [0.15, 0.2) is 29.2 Å². The summed E-state index contributed by atoms with van der Waals surface area (Å²) in [7, 11) is -7.05. The molecule has 0 aromatic heterocycles. The van der Waals surface area contributed by atoms with Crippen LogP contribution in [-0.4, -0.2) is 39.8 Å². The molecule has 0 amide bonds. The van der Waals surface area contributed by atoms with E-state index in [4.69, 9.17) is 11.6 Å². The van der Waals surface area contributed by atoms with Gasteiger partial charge in [0, 0.05) is 0 Å². The Bertz CT molecular complexity index is 784. The van der Waals surface area contributed by atoms with Gasteiger partial charge >= 0.3 is 0 Å². The number of sulfonamides is 1. The number of halogens is 1. The summed E-state index contributed by atoms with van der Waals surface area (Å²) in [6, 6.07) is 6.15. The highest BCUT2D eigenvalue weighted by Gasteiger charge is 2.38. The Hall–Kier alpha value is -0.630. The van der Waals surface area contributed by atoms with Crippen LogP contribution < -0.4 is 4.72 Å². The van der Waals surface area contributed by atoms with Crippen molar-refractivity contribution in [2.24, 2.45) is 0 Å². The topological polar surface area (TPSA) is 80.3 Å². The van der Waals surface area contributed by atoms with Crippen LogP contribution in [0.5, 0.6) is 0 Å². The van der Waals surface area contributed by atoms with Crippen molar-refractivity contribution in [1.29, 1.82) is 0 Å². The molecule has 0 unspecified atom stereocenters. The fourth-order valence-electron chi connectivity index (χ4n) is 3.54. The first kappa shape index (κ1) is 18.2. The molecule has 134 valence electrons. The molecule has 1 heterocycles. The van der Waals surface area contributed by atoms with Gasteiger partial charge in [-0.3, -0.25) is 0 Å². The van der Waals surface area contributed by atoms with Crippen molar-refractivity contribution in [3.05, 3.63) is 29.8 Å². The zero-order valence-corrected chi connectivity index (χ0v) is 15.7. The van der Waals surface area contributed by atoms with Gasteiger partial charge in [0.2, 0.25) is 10.0 Å². The third kappa shape index (κ3) is 4.12. The maximum atomic E-state index is 12.5. The number of nitrogens with one attached hydrogen (secondary N) is 1. The number of hydrogen-bond acceptors (Lipinski definition) is 4. The van der Waals surface area contributed by atoms with Gasteiger partial charge in [-0.05, 0) is 36.5 Å². The maximum absolute atomic E-state index is 12.5. The summed E-state index contributed by atoms with van der Waals surface area (Å²) in [6.07, 6.45) is 6.02. The number of hydrogen-bond donors (Lipinski definition) is 1. The predicted molar refractivity (Wildman–Crippen MR) is 94.7 cm³/mol. The molecule has 1 aliphatic carbocycles. The fraction of sp³-hybridized carbons (Fsp3) is 0.625. The molecule has 0 spiro atoms. The second-order valence-corrected chi connectivity index (χ2v) is 11.2. The standard InChI is InChI=1S/C16H22ClNO4S2/c17-15-10-23(19,20)11-16(15)18-24(21,22)14-8-6-13(7-9-14)12-4-2-1-3-5-12/h6-9,12,15-16,18H,1-5,10-11H2/t15-,16+/m0/s1. The second-order valence-electron chi connectivity index (χ2n) is 6.72. The van der Waals surface area contributed by atoms with Crippen molar-refractivity contribution in [2.75, 3.05) is 11.5 Å². The van der Waals surface area contributed by atoms with Crippen molar-refractivity contribution >= 4 is 31.5 Å². The summed E-state index contributed by atoms with van der Waals surface area (Å²) in [4.78, 5) is 0.148. The van der Waals surface area contributed by atoms with Crippen LogP contribution in [0.1, 0.15) is 43.6 Å². The molecular formula is C16H22ClNO4S2. The second kappa shape index (κ2) is 6.94. The molecule has 1 saturated heterocycles. The Labute approximate surface area is 148 Å². The Morgan fingerprint density at radius 2 is 1.62 bits per heavy atom. The van der Waals surface area contributed by atoms with Crippen LogP contribution in [0.3, 0.4) is 0 Å².